The fourth-order valence-electron chi connectivity index (χ4n) is 4.06. The van der Waals surface area contributed by atoms with Crippen molar-refractivity contribution >= 4 is 45.8 Å². The van der Waals surface area contributed by atoms with E-state index >= 15 is 0 Å². The number of rotatable bonds is 4. The first-order chi connectivity index (χ1) is 15.5. The Balaban J connectivity index is 1.57. The van der Waals surface area contributed by atoms with Crippen LogP contribution in [0.1, 0.15) is 17.2 Å². The lowest BCUT2D eigenvalue weighted by molar-refractivity contribution is -0.130. The number of halogens is 1. The third-order valence-corrected chi connectivity index (χ3v) is 5.97. The Bertz CT molecular complexity index is 1350. The second kappa shape index (κ2) is 8.09. The molecule has 8 heteroatoms. The summed E-state index contributed by atoms with van der Waals surface area (Å²) in [6.45, 7) is 2.40. The predicted octanol–water partition coefficient (Wildman–Crippen LogP) is 4.16. The van der Waals surface area contributed by atoms with Gasteiger partial charge in [-0.15, -0.1) is 5.10 Å². The van der Waals surface area contributed by atoms with E-state index in [-0.39, 0.29) is 5.91 Å². The highest BCUT2D eigenvalue weighted by Gasteiger charge is 2.37. The summed E-state index contributed by atoms with van der Waals surface area (Å²) in [7, 11) is 0. The highest BCUT2D eigenvalue weighted by atomic mass is 35.5. The first-order valence-electron chi connectivity index (χ1n) is 10.3. The van der Waals surface area contributed by atoms with Crippen molar-refractivity contribution in [1.29, 1.82) is 0 Å². The molecule has 1 N–H and O–H groups in total. The Morgan fingerprint density at radius 1 is 1.06 bits per heavy atom. The van der Waals surface area contributed by atoms with Crippen LogP contribution in [0.4, 0.5) is 11.4 Å². The molecule has 1 aliphatic heterocycles. The van der Waals surface area contributed by atoms with Gasteiger partial charge in [-0.3, -0.25) is 9.59 Å². The van der Waals surface area contributed by atoms with Gasteiger partial charge in [0, 0.05) is 12.2 Å². The van der Waals surface area contributed by atoms with Gasteiger partial charge < -0.3 is 10.2 Å². The lowest BCUT2D eigenvalue weighted by atomic mass is 10.1. The van der Waals surface area contributed by atoms with Gasteiger partial charge in [-0.2, -0.15) is 0 Å². The predicted molar refractivity (Wildman–Crippen MR) is 124 cm³/mol. The van der Waals surface area contributed by atoms with Crippen molar-refractivity contribution in [2.24, 2.45) is 0 Å². The van der Waals surface area contributed by atoms with Crippen LogP contribution in [0, 0.1) is 6.92 Å². The summed E-state index contributed by atoms with van der Waals surface area (Å²) in [4.78, 5) is 28.9. The van der Waals surface area contributed by atoms with Gasteiger partial charge in [-0.05, 0) is 54.8 Å². The number of aryl methyl sites for hydroxylation is 1. The van der Waals surface area contributed by atoms with Crippen molar-refractivity contribution in [1.82, 2.24) is 15.0 Å². The molecule has 2 amide bonds. The molecule has 5 rings (SSSR count). The molecule has 32 heavy (non-hydrogen) atoms. The Morgan fingerprint density at radius 2 is 1.84 bits per heavy atom. The Kier molecular flexibility index (Phi) is 5.11. The molecule has 0 fully saturated rings. The smallest absolute Gasteiger partial charge is 0.261 e. The number of para-hydroxylation sites is 2. The molecule has 1 atom stereocenters. The van der Waals surface area contributed by atoms with E-state index in [4.69, 9.17) is 11.6 Å². The van der Waals surface area contributed by atoms with E-state index in [0.717, 1.165) is 23.2 Å². The Morgan fingerprint density at radius 3 is 2.72 bits per heavy atom. The minimum Gasteiger partial charge on any atom is -0.322 e. The number of aromatic nitrogens is 3. The molecular weight excluding hydrogens is 426 g/mol. The fourth-order valence-corrected chi connectivity index (χ4v) is 4.22. The van der Waals surface area contributed by atoms with E-state index in [1.807, 2.05) is 49.4 Å². The number of benzene rings is 3. The first kappa shape index (κ1) is 20.2. The molecule has 0 saturated carbocycles. The van der Waals surface area contributed by atoms with Crippen molar-refractivity contribution in [3.63, 3.8) is 0 Å². The topological polar surface area (TPSA) is 80.1 Å². The maximum Gasteiger partial charge on any atom is 0.261 e. The van der Waals surface area contributed by atoms with Gasteiger partial charge in [0.15, 0.2) is 0 Å². The van der Waals surface area contributed by atoms with Crippen molar-refractivity contribution in [2.45, 2.75) is 19.4 Å². The molecule has 1 unspecified atom stereocenters. The molecule has 0 spiro atoms. The molecule has 1 aromatic heterocycles. The number of hydrogen-bond donors (Lipinski definition) is 1. The van der Waals surface area contributed by atoms with Gasteiger partial charge in [-0.25, -0.2) is 4.68 Å². The molecule has 0 saturated heterocycles. The number of nitrogens with zero attached hydrogens (tertiary/aromatic N) is 4. The monoisotopic (exact) mass is 445 g/mol. The molecule has 7 nitrogen and oxygen atoms in total. The summed E-state index contributed by atoms with van der Waals surface area (Å²) in [6.07, 6.45) is 0.734. The lowest BCUT2D eigenvalue weighted by Gasteiger charge is -2.24. The first-order valence-corrected chi connectivity index (χ1v) is 10.7. The van der Waals surface area contributed by atoms with E-state index < -0.39 is 11.9 Å². The number of hydrogen-bond acceptors (Lipinski definition) is 4. The zero-order chi connectivity index (χ0) is 22.2. The fraction of sp³-hybridized carbons (Fsp3) is 0.167. The second-order valence-electron chi connectivity index (χ2n) is 7.77. The average molecular weight is 446 g/mol. The minimum atomic E-state index is -1.25. The summed E-state index contributed by atoms with van der Waals surface area (Å²) in [5, 5.41) is 11.5. The van der Waals surface area contributed by atoms with Crippen LogP contribution in [0.5, 0.6) is 0 Å². The average Bonchev–Trinajstić information content (AvgIpc) is 3.41. The summed E-state index contributed by atoms with van der Waals surface area (Å²) >= 11 is 6.29. The lowest BCUT2D eigenvalue weighted by Crippen LogP contribution is -2.42. The number of fused-ring (bicyclic) bond motifs is 2. The van der Waals surface area contributed by atoms with Crippen molar-refractivity contribution in [3.8, 4) is 0 Å². The molecule has 3 aromatic carbocycles. The molecule has 160 valence electrons. The van der Waals surface area contributed by atoms with Crippen LogP contribution in [0.3, 0.4) is 0 Å². The maximum atomic E-state index is 13.8. The third-order valence-electron chi connectivity index (χ3n) is 5.64. The molecule has 2 heterocycles. The highest BCUT2D eigenvalue weighted by Crippen LogP contribution is 2.31. The summed E-state index contributed by atoms with van der Waals surface area (Å²) in [5.41, 5.74) is 4.48. The quantitative estimate of drug-likeness (QED) is 0.478. The maximum absolute atomic E-state index is 13.8. The molecule has 1 aliphatic rings. The number of amides is 2. The molecule has 4 aromatic rings. The van der Waals surface area contributed by atoms with Crippen LogP contribution in [0.15, 0.2) is 66.7 Å². The van der Waals surface area contributed by atoms with Crippen LogP contribution < -0.4 is 10.2 Å². The van der Waals surface area contributed by atoms with E-state index in [0.29, 0.717) is 28.3 Å². The zero-order valence-electron chi connectivity index (χ0n) is 17.3. The second-order valence-corrected chi connectivity index (χ2v) is 8.17. The number of carbonyl (C=O) groups is 2. The van der Waals surface area contributed by atoms with Crippen molar-refractivity contribution < 1.29 is 9.59 Å². The normalized spacial score (nSPS) is 13.8. The number of nitrogens with one attached hydrogen (secondary N) is 1. The van der Waals surface area contributed by atoms with Crippen LogP contribution in [-0.2, 0) is 16.0 Å². The molecule has 0 aliphatic carbocycles. The van der Waals surface area contributed by atoms with Gasteiger partial charge in [0.25, 0.3) is 11.8 Å². The molecule has 0 radical (unpaired) electrons. The summed E-state index contributed by atoms with van der Waals surface area (Å²) in [6, 6.07) is 19.1. The molecular formula is C24H20ClN5O2. The van der Waals surface area contributed by atoms with Crippen molar-refractivity contribution in [3.05, 3.63) is 82.9 Å². The Hall–Kier alpha value is -3.71. The summed E-state index contributed by atoms with van der Waals surface area (Å²) < 4.78 is 1.39. The standard InChI is InChI=1S/C24H20ClN5O2/c1-15-10-11-17(25)19(14-15)26-23(31)22(30-21-9-5-3-7-18(21)27-28-30)24(32)29-13-12-16-6-2-4-8-20(16)29/h2-11,14,22H,12-13H2,1H3,(H,26,31). The minimum absolute atomic E-state index is 0.369. The molecule has 0 bridgehead atoms. The van der Waals surface area contributed by atoms with E-state index in [1.54, 1.807) is 29.2 Å². The van der Waals surface area contributed by atoms with Crippen molar-refractivity contribution in [2.75, 3.05) is 16.8 Å². The SMILES string of the molecule is Cc1ccc(Cl)c(NC(=O)C(C(=O)N2CCc3ccccc32)n2nnc3ccccc32)c1. The van der Waals surface area contributed by atoms with E-state index in [1.165, 1.54) is 4.68 Å². The van der Waals surface area contributed by atoms with Crippen LogP contribution in [0.25, 0.3) is 11.0 Å². The number of anilines is 2. The van der Waals surface area contributed by atoms with Crippen LogP contribution in [-0.4, -0.2) is 33.4 Å². The third kappa shape index (κ3) is 3.50. The van der Waals surface area contributed by atoms with E-state index in [9.17, 15) is 9.59 Å². The Labute approximate surface area is 189 Å². The van der Waals surface area contributed by atoms with Crippen LogP contribution in [0.2, 0.25) is 5.02 Å². The van der Waals surface area contributed by atoms with Gasteiger partial charge in [0.2, 0.25) is 6.04 Å². The van der Waals surface area contributed by atoms with Gasteiger partial charge >= 0.3 is 0 Å². The van der Waals surface area contributed by atoms with Gasteiger partial charge in [-0.1, -0.05) is 53.2 Å². The summed E-state index contributed by atoms with van der Waals surface area (Å²) in [5.74, 6) is -0.894. The number of carbonyl (C=O) groups excluding carboxylic acids is 2. The van der Waals surface area contributed by atoms with Crippen LogP contribution >= 0.6 is 11.6 Å². The van der Waals surface area contributed by atoms with Gasteiger partial charge in [0.1, 0.15) is 5.52 Å². The zero-order valence-corrected chi connectivity index (χ0v) is 18.1. The highest BCUT2D eigenvalue weighted by molar-refractivity contribution is 6.34. The largest absolute Gasteiger partial charge is 0.322 e. The van der Waals surface area contributed by atoms with Gasteiger partial charge in [0.05, 0.1) is 16.2 Å². The van der Waals surface area contributed by atoms with E-state index in [2.05, 4.69) is 15.6 Å².